The van der Waals surface area contributed by atoms with E-state index in [9.17, 15) is 0 Å². The van der Waals surface area contributed by atoms with Gasteiger partial charge in [-0.25, -0.2) is 0 Å². The van der Waals surface area contributed by atoms with Gasteiger partial charge in [0.05, 0.1) is 0 Å². The van der Waals surface area contributed by atoms with E-state index in [-0.39, 0.29) is 0 Å². The minimum atomic E-state index is -1.07. The molecule has 5 nitrogen and oxygen atoms in total. The Balaban J connectivity index is 2.91. The monoisotopic (exact) mass is 138 g/mol. The van der Waals surface area contributed by atoms with Gasteiger partial charge in [-0.2, -0.15) is 9.78 Å². The van der Waals surface area contributed by atoms with Crippen molar-refractivity contribution in [1.82, 2.24) is 0 Å². The highest BCUT2D eigenvalue weighted by Gasteiger charge is 1.98. The van der Waals surface area contributed by atoms with Crippen LogP contribution < -0.4 is 0 Å². The maximum Gasteiger partial charge on any atom is 0.188 e. The molecule has 0 spiro atoms. The third kappa shape index (κ3) is 7.80. The maximum atomic E-state index is 8.36. The van der Waals surface area contributed by atoms with E-state index < -0.39 is 12.6 Å². The molecule has 0 rings (SSSR count). The highest BCUT2D eigenvalue weighted by Crippen LogP contribution is 1.90. The lowest BCUT2D eigenvalue weighted by Gasteiger charge is -2.05. The molecule has 0 bridgehead atoms. The number of aliphatic hydroxyl groups excluding tert-OH is 2. The molecule has 0 heterocycles. The van der Waals surface area contributed by atoms with Gasteiger partial charge in [0.15, 0.2) is 12.6 Å². The van der Waals surface area contributed by atoms with E-state index in [0.29, 0.717) is 0 Å². The van der Waals surface area contributed by atoms with Crippen LogP contribution in [0.2, 0.25) is 0 Å². The van der Waals surface area contributed by atoms with E-state index in [0.717, 1.165) is 0 Å². The molecule has 0 saturated carbocycles. The van der Waals surface area contributed by atoms with Gasteiger partial charge in [0.1, 0.15) is 0 Å². The lowest BCUT2D eigenvalue weighted by molar-refractivity contribution is -0.567. The van der Waals surface area contributed by atoms with Crippen molar-refractivity contribution in [1.29, 1.82) is 0 Å². The molecule has 56 valence electrons. The first-order valence-corrected chi connectivity index (χ1v) is 2.48. The second-order valence-electron chi connectivity index (χ2n) is 1.46. The van der Waals surface area contributed by atoms with Crippen LogP contribution in [0.1, 0.15) is 13.8 Å². The summed E-state index contributed by atoms with van der Waals surface area (Å²) in [7, 11) is 0. The van der Waals surface area contributed by atoms with Crippen molar-refractivity contribution >= 4 is 0 Å². The molecule has 0 aromatic rings. The van der Waals surface area contributed by atoms with Gasteiger partial charge in [0, 0.05) is 0 Å². The lowest BCUT2D eigenvalue weighted by Crippen LogP contribution is -2.12. The van der Waals surface area contributed by atoms with Crippen molar-refractivity contribution in [2.24, 2.45) is 0 Å². The number of aliphatic hydroxyl groups is 2. The van der Waals surface area contributed by atoms with Crippen LogP contribution in [0.25, 0.3) is 0 Å². The normalized spacial score (nSPS) is 17.3. The number of hydrogen-bond acceptors (Lipinski definition) is 5. The van der Waals surface area contributed by atoms with Crippen LogP contribution in [-0.2, 0) is 14.8 Å². The summed E-state index contributed by atoms with van der Waals surface area (Å²) in [5, 5.41) is 20.6. The smallest absolute Gasteiger partial charge is 0.188 e. The average molecular weight is 138 g/mol. The quantitative estimate of drug-likeness (QED) is 0.312. The Labute approximate surface area is 52.6 Å². The van der Waals surface area contributed by atoms with Crippen LogP contribution in [0.15, 0.2) is 0 Å². The molecule has 0 aromatic heterocycles. The van der Waals surface area contributed by atoms with E-state index in [1.165, 1.54) is 13.8 Å². The lowest BCUT2D eigenvalue weighted by atomic mass is 10.8. The molecule has 0 radical (unpaired) electrons. The fourth-order valence-corrected chi connectivity index (χ4v) is 0.136. The first-order valence-electron chi connectivity index (χ1n) is 2.48. The number of hydrogen-bond donors (Lipinski definition) is 2. The van der Waals surface area contributed by atoms with Gasteiger partial charge in [0.25, 0.3) is 0 Å². The molecule has 0 fully saturated rings. The SMILES string of the molecule is CC(O)OOOC(C)O. The predicted molar refractivity (Wildman–Crippen MR) is 26.6 cm³/mol. The molecule has 2 atom stereocenters. The van der Waals surface area contributed by atoms with Gasteiger partial charge in [-0.3, -0.25) is 0 Å². The van der Waals surface area contributed by atoms with Crippen molar-refractivity contribution in [2.75, 3.05) is 0 Å². The maximum absolute atomic E-state index is 8.36. The van der Waals surface area contributed by atoms with Crippen LogP contribution in [0.3, 0.4) is 0 Å². The summed E-state index contributed by atoms with van der Waals surface area (Å²) in [5.74, 6) is 0. The van der Waals surface area contributed by atoms with E-state index >= 15 is 0 Å². The Morgan fingerprint density at radius 1 is 1.00 bits per heavy atom. The summed E-state index contributed by atoms with van der Waals surface area (Å²) < 4.78 is 0. The highest BCUT2D eigenvalue weighted by molar-refractivity contribution is 4.10. The molecular formula is C4H10O5. The van der Waals surface area contributed by atoms with E-state index in [2.05, 4.69) is 14.8 Å². The zero-order valence-corrected chi connectivity index (χ0v) is 5.27. The van der Waals surface area contributed by atoms with Crippen molar-refractivity contribution in [3.8, 4) is 0 Å². The first-order chi connectivity index (χ1) is 4.13. The zero-order valence-electron chi connectivity index (χ0n) is 5.27. The Bertz CT molecular complexity index is 54.0. The molecule has 2 unspecified atom stereocenters. The second-order valence-corrected chi connectivity index (χ2v) is 1.46. The largest absolute Gasteiger partial charge is 0.366 e. The minimum absolute atomic E-state index is 1.07. The van der Waals surface area contributed by atoms with Gasteiger partial charge in [-0.15, -0.1) is 0 Å². The third-order valence-electron chi connectivity index (χ3n) is 0.357. The van der Waals surface area contributed by atoms with Crippen molar-refractivity contribution in [3.05, 3.63) is 0 Å². The van der Waals surface area contributed by atoms with Gasteiger partial charge >= 0.3 is 0 Å². The zero-order chi connectivity index (χ0) is 7.28. The van der Waals surface area contributed by atoms with Gasteiger partial charge in [-0.05, 0) is 13.8 Å². The topological polar surface area (TPSA) is 68.2 Å². The van der Waals surface area contributed by atoms with Crippen LogP contribution >= 0.6 is 0 Å². The molecule has 0 aromatic carbocycles. The second kappa shape index (κ2) is 4.66. The molecule has 2 N–H and O–H groups in total. The summed E-state index contributed by atoms with van der Waals surface area (Å²) in [5.41, 5.74) is 0. The summed E-state index contributed by atoms with van der Waals surface area (Å²) in [6.07, 6.45) is -2.13. The van der Waals surface area contributed by atoms with E-state index in [1.807, 2.05) is 0 Å². The van der Waals surface area contributed by atoms with Crippen molar-refractivity contribution < 1.29 is 25.0 Å². The molecule has 0 aliphatic rings. The minimum Gasteiger partial charge on any atom is -0.366 e. The van der Waals surface area contributed by atoms with E-state index in [1.54, 1.807) is 0 Å². The predicted octanol–water partition coefficient (Wildman–Crippen LogP) is -0.457. The Morgan fingerprint density at radius 3 is 1.56 bits per heavy atom. The van der Waals surface area contributed by atoms with Crippen LogP contribution in [0, 0.1) is 0 Å². The molecule has 0 amide bonds. The Morgan fingerprint density at radius 2 is 1.33 bits per heavy atom. The van der Waals surface area contributed by atoms with Crippen molar-refractivity contribution in [3.63, 3.8) is 0 Å². The highest BCUT2D eigenvalue weighted by atomic mass is 17.5. The summed E-state index contributed by atoms with van der Waals surface area (Å²) in [6, 6.07) is 0. The van der Waals surface area contributed by atoms with Crippen molar-refractivity contribution in [2.45, 2.75) is 26.4 Å². The molecule has 0 aliphatic heterocycles. The molecule has 9 heavy (non-hydrogen) atoms. The van der Waals surface area contributed by atoms with E-state index in [4.69, 9.17) is 10.2 Å². The molecule has 0 saturated heterocycles. The number of rotatable bonds is 4. The van der Waals surface area contributed by atoms with Crippen LogP contribution in [-0.4, -0.2) is 22.8 Å². The standard InChI is InChI=1S/C4H10O5/c1-3(5)7-9-8-4(2)6/h3-6H,1-2H3. The average Bonchev–Trinajstić information content (AvgIpc) is 1.63. The summed E-state index contributed by atoms with van der Waals surface area (Å²) >= 11 is 0. The third-order valence-corrected chi connectivity index (χ3v) is 0.357. The summed E-state index contributed by atoms with van der Waals surface area (Å²) in [4.78, 5) is 8.05. The molecule has 5 heteroatoms. The van der Waals surface area contributed by atoms with Gasteiger partial charge in [-0.1, -0.05) is 5.04 Å². The Hall–Kier alpha value is -0.200. The van der Waals surface area contributed by atoms with Crippen LogP contribution in [0.4, 0.5) is 0 Å². The Kier molecular flexibility index (Phi) is 4.55. The van der Waals surface area contributed by atoms with Gasteiger partial charge < -0.3 is 10.2 Å². The molecule has 0 aliphatic carbocycles. The van der Waals surface area contributed by atoms with Crippen LogP contribution in [0.5, 0.6) is 0 Å². The fourth-order valence-electron chi connectivity index (χ4n) is 0.136. The fraction of sp³-hybridized carbons (Fsp3) is 1.00. The molecular weight excluding hydrogens is 128 g/mol. The first kappa shape index (κ1) is 8.80. The summed E-state index contributed by atoms with van der Waals surface area (Å²) in [6.45, 7) is 2.68. The van der Waals surface area contributed by atoms with Gasteiger partial charge in [0.2, 0.25) is 0 Å².